The molecule has 0 radical (unpaired) electrons. The van der Waals surface area contributed by atoms with E-state index in [0.29, 0.717) is 17.1 Å². The van der Waals surface area contributed by atoms with Crippen LogP contribution in [0.25, 0.3) is 20.9 Å². The summed E-state index contributed by atoms with van der Waals surface area (Å²) in [4.78, 5) is 27.7. The fraction of sp³-hybridized carbons (Fsp3) is 0.0370. The molecule has 0 unspecified atom stereocenters. The molecule has 5 rings (SSSR count). The van der Waals surface area contributed by atoms with Gasteiger partial charge in [-0.25, -0.2) is 0 Å². The van der Waals surface area contributed by atoms with Gasteiger partial charge in [-0.2, -0.15) is 0 Å². The van der Waals surface area contributed by atoms with Gasteiger partial charge in [0.2, 0.25) is 6.41 Å². The van der Waals surface area contributed by atoms with Gasteiger partial charge < -0.3 is 5.32 Å². The van der Waals surface area contributed by atoms with Crippen molar-refractivity contribution in [2.45, 2.75) is 6.54 Å². The van der Waals surface area contributed by atoms with E-state index in [1.165, 1.54) is 11.3 Å². The zero-order valence-electron chi connectivity index (χ0n) is 17.2. The van der Waals surface area contributed by atoms with Crippen molar-refractivity contribution in [2.75, 3.05) is 4.90 Å². The molecule has 0 fully saturated rings. The summed E-state index contributed by atoms with van der Waals surface area (Å²) in [5.41, 5.74) is 2.35. The van der Waals surface area contributed by atoms with Gasteiger partial charge in [-0.3, -0.25) is 14.5 Å². The topological polar surface area (TPSA) is 49.4 Å². The summed E-state index contributed by atoms with van der Waals surface area (Å²) < 4.78 is 0.958. The first-order chi connectivity index (χ1) is 15.7. The maximum absolute atomic E-state index is 13.2. The van der Waals surface area contributed by atoms with Crippen molar-refractivity contribution in [3.05, 3.63) is 108 Å². The largest absolute Gasteiger partial charge is 0.347 e. The van der Waals surface area contributed by atoms with E-state index in [-0.39, 0.29) is 5.91 Å². The van der Waals surface area contributed by atoms with Crippen LogP contribution in [0.5, 0.6) is 0 Å². The number of benzene rings is 4. The first kappa shape index (κ1) is 20.0. The predicted octanol–water partition coefficient (Wildman–Crippen LogP) is 6.28. The highest BCUT2D eigenvalue weighted by Gasteiger charge is 2.24. The van der Waals surface area contributed by atoms with Crippen LogP contribution >= 0.6 is 11.3 Å². The molecule has 1 N–H and O–H groups in total. The van der Waals surface area contributed by atoms with E-state index in [4.69, 9.17) is 0 Å². The SMILES string of the molecule is O=CN(c1ccc2ccccc2c1)c1c(C(=O)NCc2ccccc2)sc2ccccc12. The predicted molar refractivity (Wildman–Crippen MR) is 132 cm³/mol. The van der Waals surface area contributed by atoms with E-state index < -0.39 is 0 Å². The molecule has 4 aromatic carbocycles. The molecule has 32 heavy (non-hydrogen) atoms. The Bertz CT molecular complexity index is 1430. The number of amides is 2. The van der Waals surface area contributed by atoms with Crippen molar-refractivity contribution in [2.24, 2.45) is 0 Å². The minimum atomic E-state index is -0.197. The highest BCUT2D eigenvalue weighted by atomic mass is 32.1. The zero-order valence-corrected chi connectivity index (χ0v) is 18.0. The number of nitrogens with one attached hydrogen (secondary N) is 1. The van der Waals surface area contributed by atoms with E-state index in [1.54, 1.807) is 4.90 Å². The number of hydrogen-bond donors (Lipinski definition) is 1. The van der Waals surface area contributed by atoms with Crippen molar-refractivity contribution >= 4 is 55.9 Å². The molecule has 2 amide bonds. The normalized spacial score (nSPS) is 10.9. The molecule has 5 aromatic rings. The maximum Gasteiger partial charge on any atom is 0.263 e. The number of rotatable bonds is 6. The third-order valence-corrected chi connectivity index (χ3v) is 6.59. The molecule has 0 saturated heterocycles. The Kier molecular flexibility index (Phi) is 5.40. The van der Waals surface area contributed by atoms with E-state index in [1.807, 2.05) is 97.1 Å². The summed E-state index contributed by atoms with van der Waals surface area (Å²) in [6.07, 6.45) is 0.784. The van der Waals surface area contributed by atoms with Gasteiger partial charge in [-0.1, -0.05) is 78.9 Å². The number of carbonyl (C=O) groups excluding carboxylic acids is 2. The van der Waals surface area contributed by atoms with Crippen molar-refractivity contribution in [1.29, 1.82) is 0 Å². The van der Waals surface area contributed by atoms with Crippen LogP contribution in [-0.4, -0.2) is 12.3 Å². The Balaban J connectivity index is 1.58. The third kappa shape index (κ3) is 3.74. The summed E-state index contributed by atoms with van der Waals surface area (Å²) in [5, 5.41) is 6.01. The average Bonchev–Trinajstić information content (AvgIpc) is 3.23. The summed E-state index contributed by atoms with van der Waals surface area (Å²) in [6.45, 7) is 0.421. The lowest BCUT2D eigenvalue weighted by Gasteiger charge is -2.19. The van der Waals surface area contributed by atoms with Crippen LogP contribution in [0.15, 0.2) is 97.1 Å². The van der Waals surface area contributed by atoms with Crippen molar-refractivity contribution in [1.82, 2.24) is 5.32 Å². The second kappa shape index (κ2) is 8.65. The first-order valence-electron chi connectivity index (χ1n) is 10.3. The molecule has 0 saturated carbocycles. The quantitative estimate of drug-likeness (QED) is 0.319. The lowest BCUT2D eigenvalue weighted by molar-refractivity contribution is -0.106. The van der Waals surface area contributed by atoms with Crippen LogP contribution in [0.3, 0.4) is 0 Å². The standard InChI is InChI=1S/C27H20N2O2S/c30-18-29(22-15-14-20-10-4-5-11-21(20)16-22)25-23-12-6-7-13-24(23)32-26(25)27(31)28-17-19-8-2-1-3-9-19/h1-16,18H,17H2,(H,28,31). The number of hydrogen-bond acceptors (Lipinski definition) is 3. The highest BCUT2D eigenvalue weighted by molar-refractivity contribution is 7.21. The number of thiophene rings is 1. The summed E-state index contributed by atoms with van der Waals surface area (Å²) in [5.74, 6) is -0.197. The van der Waals surface area contributed by atoms with Crippen LogP contribution < -0.4 is 10.2 Å². The Hall–Kier alpha value is -3.96. The van der Waals surface area contributed by atoms with Gasteiger partial charge in [0.05, 0.1) is 5.69 Å². The van der Waals surface area contributed by atoms with E-state index in [2.05, 4.69) is 5.32 Å². The molecule has 0 atom stereocenters. The molecule has 0 bridgehead atoms. The van der Waals surface area contributed by atoms with E-state index >= 15 is 0 Å². The molecule has 0 aliphatic heterocycles. The Morgan fingerprint density at radius 2 is 1.56 bits per heavy atom. The van der Waals surface area contributed by atoms with Gasteiger partial charge in [0.25, 0.3) is 5.91 Å². The number of fused-ring (bicyclic) bond motifs is 2. The smallest absolute Gasteiger partial charge is 0.263 e. The maximum atomic E-state index is 13.2. The van der Waals surface area contributed by atoms with Gasteiger partial charge in [0.1, 0.15) is 4.88 Å². The minimum absolute atomic E-state index is 0.197. The van der Waals surface area contributed by atoms with E-state index in [0.717, 1.165) is 38.5 Å². The summed E-state index contributed by atoms with van der Waals surface area (Å²) in [6, 6.07) is 31.5. The molecule has 0 spiro atoms. The molecule has 4 nitrogen and oxygen atoms in total. The Morgan fingerprint density at radius 3 is 2.38 bits per heavy atom. The molecule has 156 valence electrons. The highest BCUT2D eigenvalue weighted by Crippen LogP contribution is 2.41. The van der Waals surface area contributed by atoms with Crippen molar-refractivity contribution < 1.29 is 9.59 Å². The second-order valence-electron chi connectivity index (χ2n) is 7.45. The van der Waals surface area contributed by atoms with E-state index in [9.17, 15) is 9.59 Å². The van der Waals surface area contributed by atoms with Crippen molar-refractivity contribution in [3.8, 4) is 0 Å². The Morgan fingerprint density at radius 1 is 0.844 bits per heavy atom. The van der Waals surface area contributed by atoms with Gasteiger partial charge in [-0.05, 0) is 34.5 Å². The van der Waals surface area contributed by atoms with Gasteiger partial charge in [-0.15, -0.1) is 11.3 Å². The number of anilines is 2. The van der Waals surface area contributed by atoms with Gasteiger partial charge in [0, 0.05) is 22.3 Å². The monoisotopic (exact) mass is 436 g/mol. The summed E-state index contributed by atoms with van der Waals surface area (Å²) in [7, 11) is 0. The van der Waals surface area contributed by atoms with Gasteiger partial charge >= 0.3 is 0 Å². The van der Waals surface area contributed by atoms with Gasteiger partial charge in [0.15, 0.2) is 0 Å². The molecule has 1 aromatic heterocycles. The molecule has 0 aliphatic carbocycles. The fourth-order valence-corrected chi connectivity index (χ4v) is 4.96. The van der Waals surface area contributed by atoms with Crippen molar-refractivity contribution in [3.63, 3.8) is 0 Å². The minimum Gasteiger partial charge on any atom is -0.347 e. The number of nitrogens with zero attached hydrogens (tertiary/aromatic N) is 1. The fourth-order valence-electron chi connectivity index (χ4n) is 3.85. The molecule has 1 heterocycles. The van der Waals surface area contributed by atoms with Crippen LogP contribution in [-0.2, 0) is 11.3 Å². The van der Waals surface area contributed by atoms with Crippen LogP contribution in [0.1, 0.15) is 15.2 Å². The summed E-state index contributed by atoms with van der Waals surface area (Å²) >= 11 is 1.40. The first-order valence-corrected chi connectivity index (χ1v) is 11.1. The average molecular weight is 437 g/mol. The lowest BCUT2D eigenvalue weighted by Crippen LogP contribution is -2.24. The molecular weight excluding hydrogens is 416 g/mol. The van der Waals surface area contributed by atoms with Crippen LogP contribution in [0, 0.1) is 0 Å². The lowest BCUT2D eigenvalue weighted by atomic mass is 10.1. The molecule has 0 aliphatic rings. The van der Waals surface area contributed by atoms with Crippen LogP contribution in [0.2, 0.25) is 0 Å². The Labute approximate surface area is 189 Å². The molecular formula is C27H20N2O2S. The number of carbonyl (C=O) groups is 2. The second-order valence-corrected chi connectivity index (χ2v) is 8.50. The third-order valence-electron chi connectivity index (χ3n) is 5.43. The molecule has 5 heteroatoms. The van der Waals surface area contributed by atoms with Crippen LogP contribution in [0.4, 0.5) is 11.4 Å². The zero-order chi connectivity index (χ0) is 21.9.